The second-order valence-corrected chi connectivity index (χ2v) is 5.99. The molecule has 1 amide bonds. The number of rotatable bonds is 3. The Bertz CT molecular complexity index is 736. The summed E-state index contributed by atoms with van der Waals surface area (Å²) in [6.45, 7) is 5.28. The van der Waals surface area contributed by atoms with Gasteiger partial charge in [0.2, 0.25) is 0 Å². The minimum atomic E-state index is -0.654. The molecule has 0 aliphatic carbocycles. The molecule has 0 bridgehead atoms. The molecular formula is C17H19N3O3. The van der Waals surface area contributed by atoms with E-state index in [-0.39, 0.29) is 0 Å². The van der Waals surface area contributed by atoms with Gasteiger partial charge in [0.25, 0.3) is 0 Å². The average molecular weight is 313 g/mol. The minimum absolute atomic E-state index is 0.294. The lowest BCUT2D eigenvalue weighted by molar-refractivity contribution is 0.0636. The van der Waals surface area contributed by atoms with Crippen LogP contribution in [0.4, 0.5) is 16.2 Å². The van der Waals surface area contributed by atoms with Crippen LogP contribution in [0.15, 0.2) is 36.5 Å². The molecule has 0 aliphatic heterocycles. The number of aldehydes is 1. The number of nitrogens with zero attached hydrogens (tertiary/aromatic N) is 1. The average Bonchev–Trinajstić information content (AvgIpc) is 2.45. The first kappa shape index (κ1) is 16.5. The maximum atomic E-state index is 12.0. The minimum Gasteiger partial charge on any atom is -0.444 e. The maximum Gasteiger partial charge on any atom is 0.412 e. The van der Waals surface area contributed by atoms with Gasteiger partial charge in [-0.15, -0.1) is 0 Å². The molecule has 6 nitrogen and oxygen atoms in total. The molecule has 6 heteroatoms. The number of nitrogen functional groups attached to an aromatic ring is 1. The first-order chi connectivity index (χ1) is 10.8. The zero-order valence-electron chi connectivity index (χ0n) is 13.3. The molecular weight excluding hydrogens is 294 g/mol. The summed E-state index contributed by atoms with van der Waals surface area (Å²) in [6.07, 6.45) is 1.51. The van der Waals surface area contributed by atoms with E-state index < -0.39 is 11.7 Å². The first-order valence-corrected chi connectivity index (χ1v) is 7.10. The van der Waals surface area contributed by atoms with Crippen LogP contribution in [0.5, 0.6) is 0 Å². The van der Waals surface area contributed by atoms with Crippen molar-refractivity contribution >= 4 is 23.8 Å². The fourth-order valence-corrected chi connectivity index (χ4v) is 2.02. The van der Waals surface area contributed by atoms with Crippen molar-refractivity contribution in [1.82, 2.24) is 4.98 Å². The summed E-state index contributed by atoms with van der Waals surface area (Å²) < 4.78 is 5.24. The fraction of sp³-hybridized carbons (Fsp3) is 0.235. The molecule has 1 aromatic carbocycles. The largest absolute Gasteiger partial charge is 0.444 e. The number of aromatic nitrogens is 1. The summed E-state index contributed by atoms with van der Waals surface area (Å²) in [6, 6.07) is 8.56. The molecule has 3 N–H and O–H groups in total. The van der Waals surface area contributed by atoms with Gasteiger partial charge in [-0.1, -0.05) is 12.1 Å². The number of benzene rings is 1. The van der Waals surface area contributed by atoms with E-state index in [1.165, 1.54) is 12.3 Å². The first-order valence-electron chi connectivity index (χ1n) is 7.10. The number of carbonyl (C=O) groups excluding carboxylic acids is 2. The molecule has 2 aromatic rings. The third kappa shape index (κ3) is 4.29. The third-order valence-electron chi connectivity index (χ3n) is 2.90. The van der Waals surface area contributed by atoms with Gasteiger partial charge < -0.3 is 10.5 Å². The quantitative estimate of drug-likeness (QED) is 0.668. The van der Waals surface area contributed by atoms with Crippen LogP contribution in [0, 0.1) is 0 Å². The molecule has 1 aromatic heterocycles. The van der Waals surface area contributed by atoms with E-state index in [0.29, 0.717) is 34.5 Å². The Morgan fingerprint density at radius 2 is 2.04 bits per heavy atom. The summed E-state index contributed by atoms with van der Waals surface area (Å²) in [5, 5.41) is 2.61. The van der Waals surface area contributed by atoms with Crippen molar-refractivity contribution in [3.63, 3.8) is 0 Å². The Labute approximate surface area is 134 Å². The number of nitrogens with one attached hydrogen (secondary N) is 1. The molecule has 1 heterocycles. The highest BCUT2D eigenvalue weighted by molar-refractivity contribution is 5.98. The van der Waals surface area contributed by atoms with E-state index in [2.05, 4.69) is 10.3 Å². The lowest BCUT2D eigenvalue weighted by Gasteiger charge is -2.21. The fourth-order valence-electron chi connectivity index (χ4n) is 2.02. The van der Waals surface area contributed by atoms with Crippen molar-refractivity contribution in [3.05, 3.63) is 42.1 Å². The lowest BCUT2D eigenvalue weighted by atomic mass is 10.1. The molecule has 0 saturated carbocycles. The van der Waals surface area contributed by atoms with Crippen LogP contribution in [0.1, 0.15) is 31.1 Å². The second-order valence-electron chi connectivity index (χ2n) is 5.99. The Hall–Kier alpha value is -2.89. The van der Waals surface area contributed by atoms with Crippen molar-refractivity contribution in [2.75, 3.05) is 11.1 Å². The third-order valence-corrected chi connectivity index (χ3v) is 2.90. The number of amides is 1. The number of carbonyl (C=O) groups is 2. The number of hydrogen-bond acceptors (Lipinski definition) is 5. The lowest BCUT2D eigenvalue weighted by Crippen LogP contribution is -2.27. The molecule has 0 radical (unpaired) electrons. The van der Waals surface area contributed by atoms with Crippen molar-refractivity contribution < 1.29 is 14.3 Å². The second kappa shape index (κ2) is 6.48. The van der Waals surface area contributed by atoms with Gasteiger partial charge in [0.15, 0.2) is 6.29 Å². The van der Waals surface area contributed by atoms with Crippen molar-refractivity contribution in [3.8, 4) is 11.3 Å². The van der Waals surface area contributed by atoms with E-state index in [1.807, 2.05) is 0 Å². The van der Waals surface area contributed by atoms with Crippen LogP contribution in [0.25, 0.3) is 11.3 Å². The standard InChI is InChI=1S/C17H19N3O3/c1-17(2,3)23-16(22)20-15-12(10-21)7-8-19-14(15)11-5-4-6-13(18)9-11/h4-10H,18H2,1-3H3,(H,20,22). The van der Waals surface area contributed by atoms with E-state index in [9.17, 15) is 9.59 Å². The summed E-state index contributed by atoms with van der Waals surface area (Å²) >= 11 is 0. The van der Waals surface area contributed by atoms with E-state index in [4.69, 9.17) is 10.5 Å². The molecule has 0 saturated heterocycles. The molecule has 0 aliphatic rings. The van der Waals surface area contributed by atoms with Gasteiger partial charge in [-0.2, -0.15) is 0 Å². The van der Waals surface area contributed by atoms with Gasteiger partial charge in [-0.25, -0.2) is 4.79 Å². The highest BCUT2D eigenvalue weighted by atomic mass is 16.6. The zero-order valence-corrected chi connectivity index (χ0v) is 13.3. The molecule has 0 fully saturated rings. The number of pyridine rings is 1. The highest BCUT2D eigenvalue weighted by Crippen LogP contribution is 2.29. The van der Waals surface area contributed by atoms with Crippen molar-refractivity contribution in [2.24, 2.45) is 0 Å². The number of anilines is 2. The van der Waals surface area contributed by atoms with Gasteiger partial charge in [0.1, 0.15) is 5.60 Å². The number of nitrogens with two attached hydrogens (primary N) is 1. The number of hydrogen-bond donors (Lipinski definition) is 2. The molecule has 0 atom stereocenters. The maximum absolute atomic E-state index is 12.0. The van der Waals surface area contributed by atoms with Crippen LogP contribution < -0.4 is 11.1 Å². The van der Waals surface area contributed by atoms with Crippen LogP contribution in [0.3, 0.4) is 0 Å². The topological polar surface area (TPSA) is 94.3 Å². The monoisotopic (exact) mass is 313 g/mol. The molecule has 120 valence electrons. The van der Waals surface area contributed by atoms with Crippen LogP contribution in [-0.4, -0.2) is 23.0 Å². The normalized spacial score (nSPS) is 10.9. The SMILES string of the molecule is CC(C)(C)OC(=O)Nc1c(C=O)ccnc1-c1cccc(N)c1. The van der Waals surface area contributed by atoms with Crippen molar-refractivity contribution in [2.45, 2.75) is 26.4 Å². The summed E-state index contributed by atoms with van der Waals surface area (Å²) in [5.41, 5.74) is 7.45. The predicted molar refractivity (Wildman–Crippen MR) is 89.3 cm³/mol. The Balaban J connectivity index is 2.44. The molecule has 0 unspecified atom stereocenters. The summed E-state index contributed by atoms with van der Waals surface area (Å²) in [5.74, 6) is 0. The Kier molecular flexibility index (Phi) is 4.64. The van der Waals surface area contributed by atoms with E-state index in [1.54, 1.807) is 45.0 Å². The van der Waals surface area contributed by atoms with E-state index >= 15 is 0 Å². The van der Waals surface area contributed by atoms with E-state index in [0.717, 1.165) is 0 Å². The number of ether oxygens (including phenoxy) is 1. The van der Waals surface area contributed by atoms with Crippen LogP contribution >= 0.6 is 0 Å². The predicted octanol–water partition coefficient (Wildman–Crippen LogP) is 3.49. The Morgan fingerprint density at radius 3 is 2.65 bits per heavy atom. The summed E-state index contributed by atoms with van der Waals surface area (Å²) in [4.78, 5) is 27.6. The highest BCUT2D eigenvalue weighted by Gasteiger charge is 2.20. The van der Waals surface area contributed by atoms with Crippen molar-refractivity contribution in [1.29, 1.82) is 0 Å². The van der Waals surface area contributed by atoms with Gasteiger partial charge in [0.05, 0.1) is 11.4 Å². The smallest absolute Gasteiger partial charge is 0.412 e. The van der Waals surface area contributed by atoms with Crippen LogP contribution in [-0.2, 0) is 4.74 Å². The summed E-state index contributed by atoms with van der Waals surface area (Å²) in [7, 11) is 0. The van der Waals surface area contributed by atoms with Gasteiger partial charge in [0, 0.05) is 23.0 Å². The molecule has 0 spiro atoms. The molecule has 23 heavy (non-hydrogen) atoms. The van der Waals surface area contributed by atoms with Crippen LogP contribution in [0.2, 0.25) is 0 Å². The van der Waals surface area contributed by atoms with Gasteiger partial charge in [-0.3, -0.25) is 15.1 Å². The Morgan fingerprint density at radius 1 is 1.30 bits per heavy atom. The van der Waals surface area contributed by atoms with Gasteiger partial charge in [-0.05, 0) is 39.0 Å². The zero-order chi connectivity index (χ0) is 17.0. The molecule has 2 rings (SSSR count). The van der Waals surface area contributed by atoms with Gasteiger partial charge >= 0.3 is 6.09 Å².